The van der Waals surface area contributed by atoms with Gasteiger partial charge in [-0.1, -0.05) is 53.3 Å². The Kier molecular flexibility index (Phi) is 5.22. The van der Waals surface area contributed by atoms with Crippen molar-refractivity contribution >= 4 is 65.6 Å². The Morgan fingerprint density at radius 1 is 1.03 bits per heavy atom. The number of pyridine rings is 1. The van der Waals surface area contributed by atoms with E-state index in [0.29, 0.717) is 21.6 Å². The normalized spacial score (nSPS) is 11.3. The number of aryl methyl sites for hydroxylation is 2. The number of hydrogen-bond acceptors (Lipinski definition) is 5. The first-order valence-corrected chi connectivity index (χ1v) is 11.8. The van der Waals surface area contributed by atoms with Crippen molar-refractivity contribution in [3.05, 3.63) is 87.5 Å². The molecule has 4 nitrogen and oxygen atoms in total. The average Bonchev–Trinajstić information content (AvgIpc) is 3.37. The Morgan fingerprint density at radius 2 is 1.87 bits per heavy atom. The van der Waals surface area contributed by atoms with Gasteiger partial charge in [-0.15, -0.1) is 11.3 Å². The summed E-state index contributed by atoms with van der Waals surface area (Å²) in [6.45, 7) is 4.51. The molecule has 0 atom stereocenters. The number of anilines is 1. The highest BCUT2D eigenvalue weighted by atomic mass is 35.5. The van der Waals surface area contributed by atoms with E-state index in [2.05, 4.69) is 31.0 Å². The van der Waals surface area contributed by atoms with Gasteiger partial charge in [-0.2, -0.15) is 0 Å². The summed E-state index contributed by atoms with van der Waals surface area (Å²) in [5.41, 5.74) is 4.18. The van der Waals surface area contributed by atoms with Crippen LogP contribution in [0.25, 0.3) is 20.3 Å². The van der Waals surface area contributed by atoms with E-state index in [0.717, 1.165) is 31.4 Å². The molecule has 0 aliphatic carbocycles. The van der Waals surface area contributed by atoms with Gasteiger partial charge >= 0.3 is 0 Å². The van der Waals surface area contributed by atoms with Crippen molar-refractivity contribution in [2.75, 3.05) is 4.90 Å². The van der Waals surface area contributed by atoms with Crippen LogP contribution in [0.5, 0.6) is 0 Å². The molecular formula is C24H18ClN3OS2. The second-order valence-corrected chi connectivity index (χ2v) is 9.78. The van der Waals surface area contributed by atoms with Crippen molar-refractivity contribution in [3.8, 4) is 0 Å². The number of hydrogen-bond donors (Lipinski definition) is 0. The van der Waals surface area contributed by atoms with Crippen molar-refractivity contribution in [2.24, 2.45) is 0 Å². The fourth-order valence-electron chi connectivity index (χ4n) is 3.50. The lowest BCUT2D eigenvalue weighted by Gasteiger charge is -2.19. The van der Waals surface area contributed by atoms with Crippen LogP contribution in [0.2, 0.25) is 5.02 Å². The van der Waals surface area contributed by atoms with Gasteiger partial charge in [-0.05, 0) is 48.7 Å². The van der Waals surface area contributed by atoms with Gasteiger partial charge in [-0.25, -0.2) is 4.98 Å². The summed E-state index contributed by atoms with van der Waals surface area (Å²) in [4.78, 5) is 25.1. The molecule has 31 heavy (non-hydrogen) atoms. The van der Waals surface area contributed by atoms with Gasteiger partial charge in [0.15, 0.2) is 5.13 Å². The SMILES string of the molecule is Cc1ccc2sc(N(Cc3cccnc3)C(=O)c3sc4ccccc4c3Cl)nc2c1C. The lowest BCUT2D eigenvalue weighted by Crippen LogP contribution is -2.30. The fraction of sp³-hybridized carbons (Fsp3) is 0.125. The molecule has 7 heteroatoms. The number of aromatic nitrogens is 2. The third-order valence-electron chi connectivity index (χ3n) is 5.34. The van der Waals surface area contributed by atoms with Gasteiger partial charge in [0, 0.05) is 22.5 Å². The summed E-state index contributed by atoms with van der Waals surface area (Å²) in [7, 11) is 0. The number of nitrogens with zero attached hydrogens (tertiary/aromatic N) is 3. The Balaban J connectivity index is 1.64. The summed E-state index contributed by atoms with van der Waals surface area (Å²) >= 11 is 9.58. The Hall–Kier alpha value is -2.80. The van der Waals surface area contributed by atoms with Gasteiger partial charge in [0.05, 0.1) is 21.8 Å². The molecule has 0 aliphatic rings. The van der Waals surface area contributed by atoms with Crippen LogP contribution >= 0.6 is 34.3 Å². The van der Waals surface area contributed by atoms with E-state index >= 15 is 0 Å². The number of thiazole rings is 1. The third kappa shape index (κ3) is 3.61. The minimum atomic E-state index is -0.150. The molecule has 3 heterocycles. The van der Waals surface area contributed by atoms with Crippen molar-refractivity contribution in [1.82, 2.24) is 9.97 Å². The number of rotatable bonds is 4. The van der Waals surface area contributed by atoms with Crippen LogP contribution in [0, 0.1) is 13.8 Å². The van der Waals surface area contributed by atoms with Gasteiger partial charge in [-0.3, -0.25) is 14.7 Å². The first-order chi connectivity index (χ1) is 15.0. The van der Waals surface area contributed by atoms with Crippen LogP contribution < -0.4 is 4.90 Å². The van der Waals surface area contributed by atoms with Gasteiger partial charge in [0.1, 0.15) is 4.88 Å². The highest BCUT2D eigenvalue weighted by molar-refractivity contribution is 7.23. The molecule has 0 radical (unpaired) electrons. The number of carbonyl (C=O) groups excluding carboxylic acids is 1. The number of fused-ring (bicyclic) bond motifs is 2. The van der Waals surface area contributed by atoms with E-state index in [1.54, 1.807) is 17.3 Å². The Bertz CT molecular complexity index is 1430. The number of benzene rings is 2. The van der Waals surface area contributed by atoms with Gasteiger partial charge in [0.25, 0.3) is 5.91 Å². The van der Waals surface area contributed by atoms with Crippen molar-refractivity contribution in [1.29, 1.82) is 0 Å². The zero-order chi connectivity index (χ0) is 21.5. The zero-order valence-electron chi connectivity index (χ0n) is 16.9. The topological polar surface area (TPSA) is 46.1 Å². The summed E-state index contributed by atoms with van der Waals surface area (Å²) in [5.74, 6) is -0.150. The predicted molar refractivity (Wildman–Crippen MR) is 131 cm³/mol. The van der Waals surface area contributed by atoms with E-state index in [1.165, 1.54) is 28.2 Å². The molecule has 0 N–H and O–H groups in total. The maximum Gasteiger partial charge on any atom is 0.272 e. The van der Waals surface area contributed by atoms with Crippen LogP contribution in [0.15, 0.2) is 60.9 Å². The first-order valence-electron chi connectivity index (χ1n) is 9.77. The molecule has 3 aromatic heterocycles. The third-order valence-corrected chi connectivity index (χ3v) is 8.05. The standard InChI is InChI=1S/C24H18ClN3OS2/c1-14-9-10-19-21(15(14)2)27-24(31-19)28(13-16-6-5-11-26-12-16)23(29)22-20(25)17-7-3-4-8-18(17)30-22/h3-12H,13H2,1-2H3. The smallest absolute Gasteiger partial charge is 0.272 e. The Labute approximate surface area is 192 Å². The van der Waals surface area contributed by atoms with Gasteiger partial charge < -0.3 is 0 Å². The number of amides is 1. The highest BCUT2D eigenvalue weighted by Crippen LogP contribution is 2.38. The molecule has 1 amide bonds. The molecule has 0 saturated heterocycles. The van der Waals surface area contributed by atoms with Crippen molar-refractivity contribution in [2.45, 2.75) is 20.4 Å². The molecule has 0 saturated carbocycles. The van der Waals surface area contributed by atoms with Crippen LogP contribution in [0.1, 0.15) is 26.4 Å². The minimum absolute atomic E-state index is 0.150. The lowest BCUT2D eigenvalue weighted by atomic mass is 10.1. The average molecular weight is 464 g/mol. The van der Waals surface area contributed by atoms with E-state index in [4.69, 9.17) is 16.6 Å². The highest BCUT2D eigenvalue weighted by Gasteiger charge is 2.26. The summed E-state index contributed by atoms with van der Waals surface area (Å²) in [5, 5.41) is 2.05. The molecule has 5 rings (SSSR count). The molecule has 2 aromatic carbocycles. The van der Waals surface area contributed by atoms with Crippen LogP contribution in [-0.4, -0.2) is 15.9 Å². The predicted octanol–water partition coefficient (Wildman–Crippen LogP) is 7.02. The van der Waals surface area contributed by atoms with E-state index in [-0.39, 0.29) is 5.91 Å². The summed E-state index contributed by atoms with van der Waals surface area (Å²) < 4.78 is 2.05. The summed E-state index contributed by atoms with van der Waals surface area (Å²) in [6, 6.07) is 15.8. The quantitative estimate of drug-likeness (QED) is 0.287. The van der Waals surface area contributed by atoms with Crippen LogP contribution in [0.4, 0.5) is 5.13 Å². The maximum absolute atomic E-state index is 13.8. The van der Waals surface area contributed by atoms with Gasteiger partial charge in [0.2, 0.25) is 0 Å². The minimum Gasteiger partial charge on any atom is -0.279 e. The maximum atomic E-state index is 13.8. The zero-order valence-corrected chi connectivity index (χ0v) is 19.3. The fourth-order valence-corrected chi connectivity index (χ4v) is 5.99. The van der Waals surface area contributed by atoms with Crippen molar-refractivity contribution in [3.63, 3.8) is 0 Å². The molecular weight excluding hydrogens is 446 g/mol. The van der Waals surface area contributed by atoms with E-state index < -0.39 is 0 Å². The first kappa shape index (κ1) is 20.1. The van der Waals surface area contributed by atoms with Crippen LogP contribution in [-0.2, 0) is 6.54 Å². The number of thiophene rings is 1. The second-order valence-electron chi connectivity index (χ2n) is 7.34. The Morgan fingerprint density at radius 3 is 2.65 bits per heavy atom. The number of carbonyl (C=O) groups is 1. The molecule has 5 aromatic rings. The van der Waals surface area contributed by atoms with E-state index in [1.807, 2.05) is 36.4 Å². The second kappa shape index (κ2) is 8.04. The molecule has 0 aliphatic heterocycles. The van der Waals surface area contributed by atoms with Crippen LogP contribution in [0.3, 0.4) is 0 Å². The largest absolute Gasteiger partial charge is 0.279 e. The lowest BCUT2D eigenvalue weighted by molar-refractivity contribution is 0.0989. The number of halogens is 1. The van der Waals surface area contributed by atoms with E-state index in [9.17, 15) is 4.79 Å². The molecule has 154 valence electrons. The monoisotopic (exact) mass is 463 g/mol. The molecule has 0 fully saturated rings. The van der Waals surface area contributed by atoms with Crippen molar-refractivity contribution < 1.29 is 4.79 Å². The molecule has 0 bridgehead atoms. The molecule has 0 spiro atoms. The molecule has 0 unspecified atom stereocenters. The summed E-state index contributed by atoms with van der Waals surface area (Å²) in [6.07, 6.45) is 3.50.